The van der Waals surface area contributed by atoms with Crippen LogP contribution in [0.4, 0.5) is 0 Å². The molecule has 0 aromatic rings. The smallest absolute Gasteiger partial charge is 0.0126 e. The van der Waals surface area contributed by atoms with Crippen LogP contribution in [0.2, 0.25) is 0 Å². The lowest BCUT2D eigenvalue weighted by atomic mass is 10.4. The van der Waals surface area contributed by atoms with Crippen LogP contribution in [0.5, 0.6) is 0 Å². The van der Waals surface area contributed by atoms with E-state index in [1.54, 1.807) is 6.08 Å². The van der Waals surface area contributed by atoms with Gasteiger partial charge in [0, 0.05) is 3.58 Å². The van der Waals surface area contributed by atoms with Crippen molar-refractivity contribution in [3.63, 3.8) is 0 Å². The van der Waals surface area contributed by atoms with E-state index in [2.05, 4.69) is 29.2 Å². The maximum Gasteiger partial charge on any atom is 0.0126 e. The SMILES string of the molecule is C=C/C=C(I)\C=C/C. The van der Waals surface area contributed by atoms with Crippen LogP contribution in [0.1, 0.15) is 6.92 Å². The molecule has 0 aromatic heterocycles. The summed E-state index contributed by atoms with van der Waals surface area (Å²) in [5.41, 5.74) is 0. The summed E-state index contributed by atoms with van der Waals surface area (Å²) in [7, 11) is 0. The molecule has 0 N–H and O–H groups in total. The van der Waals surface area contributed by atoms with Crippen LogP contribution in [-0.4, -0.2) is 0 Å². The summed E-state index contributed by atoms with van der Waals surface area (Å²) in [5, 5.41) is 0. The van der Waals surface area contributed by atoms with Crippen LogP contribution in [0.3, 0.4) is 0 Å². The molecule has 0 amide bonds. The van der Waals surface area contributed by atoms with Gasteiger partial charge in [0.15, 0.2) is 0 Å². The van der Waals surface area contributed by atoms with Gasteiger partial charge in [-0.25, -0.2) is 0 Å². The van der Waals surface area contributed by atoms with Gasteiger partial charge < -0.3 is 0 Å². The first kappa shape index (κ1) is 7.95. The molecule has 8 heavy (non-hydrogen) atoms. The molecule has 0 rings (SSSR count). The minimum Gasteiger partial charge on any atom is -0.0990 e. The predicted octanol–water partition coefficient (Wildman–Crippen LogP) is 3.07. The fourth-order valence-corrected chi connectivity index (χ4v) is 0.941. The maximum atomic E-state index is 3.57. The van der Waals surface area contributed by atoms with Crippen molar-refractivity contribution in [2.75, 3.05) is 0 Å². The van der Waals surface area contributed by atoms with E-state index >= 15 is 0 Å². The van der Waals surface area contributed by atoms with Gasteiger partial charge in [0.25, 0.3) is 0 Å². The molecule has 0 aliphatic carbocycles. The third kappa shape index (κ3) is 4.12. The highest BCUT2D eigenvalue weighted by atomic mass is 127. The molecule has 0 bridgehead atoms. The molecule has 0 atom stereocenters. The fourth-order valence-electron chi connectivity index (χ4n) is 0.327. The number of allylic oxidation sites excluding steroid dienone is 5. The summed E-state index contributed by atoms with van der Waals surface area (Å²) in [5.74, 6) is 0. The van der Waals surface area contributed by atoms with E-state index in [9.17, 15) is 0 Å². The Labute approximate surface area is 64.1 Å². The van der Waals surface area contributed by atoms with Gasteiger partial charge in [-0.1, -0.05) is 24.8 Å². The molecule has 0 saturated heterocycles. The average Bonchev–Trinajstić information content (AvgIpc) is 1.68. The molecule has 0 unspecified atom stereocenters. The predicted molar refractivity (Wildman–Crippen MR) is 47.1 cm³/mol. The molecule has 0 fully saturated rings. The van der Waals surface area contributed by atoms with Gasteiger partial charge in [-0.2, -0.15) is 0 Å². The van der Waals surface area contributed by atoms with E-state index in [0.29, 0.717) is 0 Å². The number of hydrogen-bond donors (Lipinski definition) is 0. The Morgan fingerprint density at radius 3 is 2.62 bits per heavy atom. The average molecular weight is 220 g/mol. The van der Waals surface area contributed by atoms with Crippen LogP contribution >= 0.6 is 22.6 Å². The van der Waals surface area contributed by atoms with Crippen LogP contribution in [0.15, 0.2) is 34.5 Å². The van der Waals surface area contributed by atoms with Gasteiger partial charge in [-0.15, -0.1) is 0 Å². The van der Waals surface area contributed by atoms with E-state index in [1.807, 2.05) is 25.2 Å². The van der Waals surface area contributed by atoms with Gasteiger partial charge >= 0.3 is 0 Å². The fraction of sp³-hybridized carbons (Fsp3) is 0.143. The van der Waals surface area contributed by atoms with E-state index in [1.165, 1.54) is 3.58 Å². The molecule has 1 heteroatoms. The maximum absolute atomic E-state index is 3.57. The first-order valence-electron chi connectivity index (χ1n) is 2.42. The summed E-state index contributed by atoms with van der Waals surface area (Å²) in [4.78, 5) is 0. The monoisotopic (exact) mass is 220 g/mol. The van der Waals surface area contributed by atoms with Gasteiger partial charge in [0.1, 0.15) is 0 Å². The van der Waals surface area contributed by atoms with Crippen molar-refractivity contribution < 1.29 is 0 Å². The first-order chi connectivity index (χ1) is 3.81. The topological polar surface area (TPSA) is 0 Å². The molecule has 0 spiro atoms. The number of hydrogen-bond acceptors (Lipinski definition) is 0. The molecular weight excluding hydrogens is 211 g/mol. The standard InChI is InChI=1S/C7H9I/c1-3-5-7(8)6-4-2/h3-6H,1H2,2H3/b6-4-,7-5+. The van der Waals surface area contributed by atoms with Crippen molar-refractivity contribution in [2.24, 2.45) is 0 Å². The molecule has 0 heterocycles. The Balaban J connectivity index is 3.79. The highest BCUT2D eigenvalue weighted by Gasteiger charge is 1.74. The lowest BCUT2D eigenvalue weighted by Gasteiger charge is -1.80. The Bertz CT molecular complexity index is 120. The summed E-state index contributed by atoms with van der Waals surface area (Å²) in [6.07, 6.45) is 7.77. The van der Waals surface area contributed by atoms with Crippen LogP contribution in [0, 0.1) is 0 Å². The molecule has 0 aliphatic heterocycles. The van der Waals surface area contributed by atoms with Crippen molar-refractivity contribution in [1.82, 2.24) is 0 Å². The van der Waals surface area contributed by atoms with Gasteiger partial charge in [0.2, 0.25) is 0 Å². The molecule has 0 saturated carbocycles. The molecule has 0 aromatic carbocycles. The molecule has 0 aliphatic rings. The summed E-state index contributed by atoms with van der Waals surface area (Å²) in [6, 6.07) is 0. The van der Waals surface area contributed by atoms with E-state index < -0.39 is 0 Å². The second-order valence-corrected chi connectivity index (χ2v) is 2.53. The van der Waals surface area contributed by atoms with E-state index in [4.69, 9.17) is 0 Å². The Hall–Kier alpha value is -0.0500. The molecule has 0 nitrogen and oxygen atoms in total. The summed E-state index contributed by atoms with van der Waals surface area (Å²) < 4.78 is 1.21. The Kier molecular flexibility index (Phi) is 5.06. The summed E-state index contributed by atoms with van der Waals surface area (Å²) in [6.45, 7) is 5.56. The zero-order chi connectivity index (χ0) is 6.41. The van der Waals surface area contributed by atoms with Crippen molar-refractivity contribution in [3.8, 4) is 0 Å². The lowest BCUT2D eigenvalue weighted by molar-refractivity contribution is 1.73. The third-order valence-electron chi connectivity index (χ3n) is 0.603. The second-order valence-electron chi connectivity index (χ2n) is 1.29. The van der Waals surface area contributed by atoms with Gasteiger partial charge in [-0.05, 0) is 35.6 Å². The third-order valence-corrected chi connectivity index (χ3v) is 1.32. The Morgan fingerprint density at radius 2 is 2.25 bits per heavy atom. The van der Waals surface area contributed by atoms with Crippen molar-refractivity contribution in [3.05, 3.63) is 34.5 Å². The molecular formula is C7H9I. The zero-order valence-electron chi connectivity index (χ0n) is 4.89. The normalized spacial score (nSPS) is 12.5. The van der Waals surface area contributed by atoms with E-state index in [0.717, 1.165) is 0 Å². The Morgan fingerprint density at radius 1 is 1.62 bits per heavy atom. The van der Waals surface area contributed by atoms with Crippen LogP contribution < -0.4 is 0 Å². The van der Waals surface area contributed by atoms with Crippen LogP contribution in [0.25, 0.3) is 0 Å². The van der Waals surface area contributed by atoms with Gasteiger partial charge in [-0.3, -0.25) is 0 Å². The quantitative estimate of drug-likeness (QED) is 0.495. The summed E-state index contributed by atoms with van der Waals surface area (Å²) >= 11 is 2.24. The molecule has 0 radical (unpaired) electrons. The minimum absolute atomic E-state index is 1.21. The number of halogens is 1. The molecule has 44 valence electrons. The van der Waals surface area contributed by atoms with Crippen molar-refractivity contribution >= 4 is 22.6 Å². The largest absolute Gasteiger partial charge is 0.0990 e. The second kappa shape index (κ2) is 5.09. The van der Waals surface area contributed by atoms with Gasteiger partial charge in [0.05, 0.1) is 0 Å². The van der Waals surface area contributed by atoms with Crippen molar-refractivity contribution in [2.45, 2.75) is 6.92 Å². The van der Waals surface area contributed by atoms with E-state index in [-0.39, 0.29) is 0 Å². The van der Waals surface area contributed by atoms with Crippen molar-refractivity contribution in [1.29, 1.82) is 0 Å². The first-order valence-corrected chi connectivity index (χ1v) is 3.50. The highest BCUT2D eigenvalue weighted by Crippen LogP contribution is 2.06. The number of rotatable bonds is 2. The zero-order valence-corrected chi connectivity index (χ0v) is 7.05. The lowest BCUT2D eigenvalue weighted by Crippen LogP contribution is -1.55. The highest BCUT2D eigenvalue weighted by molar-refractivity contribution is 14.1. The minimum atomic E-state index is 1.21. The van der Waals surface area contributed by atoms with Crippen LogP contribution in [-0.2, 0) is 0 Å².